The number of hydrogen-bond donors (Lipinski definition) is 0. The average molecular weight is 446 g/mol. The number of carbonyl (C=O) groups is 1. The maximum absolute atomic E-state index is 13.1. The number of carbonyl (C=O) groups excluding carboxylic acids is 1. The number of anilines is 1. The molecule has 1 saturated heterocycles. The Morgan fingerprint density at radius 2 is 1.55 bits per heavy atom. The lowest BCUT2D eigenvalue weighted by molar-refractivity contribution is 0.0698. The molecule has 0 atom stereocenters. The van der Waals surface area contributed by atoms with E-state index in [1.54, 1.807) is 29.2 Å². The summed E-state index contributed by atoms with van der Waals surface area (Å²) < 4.78 is 38.9. The van der Waals surface area contributed by atoms with E-state index >= 15 is 0 Å². The molecule has 2 heterocycles. The fourth-order valence-electron chi connectivity index (χ4n) is 3.67. The first-order valence-corrected chi connectivity index (χ1v) is 11.8. The van der Waals surface area contributed by atoms with Gasteiger partial charge in [0.1, 0.15) is 0 Å². The number of amides is 1. The zero-order valence-corrected chi connectivity index (χ0v) is 18.6. The van der Waals surface area contributed by atoms with Gasteiger partial charge in [-0.15, -0.1) is 0 Å². The third-order valence-electron chi connectivity index (χ3n) is 5.51. The summed E-state index contributed by atoms with van der Waals surface area (Å²) in [5.41, 5.74) is 1.62. The van der Waals surface area contributed by atoms with E-state index in [4.69, 9.17) is 9.47 Å². The lowest BCUT2D eigenvalue weighted by Crippen LogP contribution is -2.50. The van der Waals surface area contributed by atoms with Crippen molar-refractivity contribution in [2.24, 2.45) is 0 Å². The number of rotatable bonds is 4. The topological polar surface area (TPSA) is 79.4 Å². The standard InChI is InChI=1S/C22H27N3O5S/c1-23(2)18-6-4-17(5-7-18)22(26)24-10-12-25(13-11-24)31(27,28)19-8-9-20-21(16-19)30-15-3-14-29-20/h4-9,16H,3,10-15H2,1-2H3. The molecular weight excluding hydrogens is 418 g/mol. The molecule has 0 unspecified atom stereocenters. The molecule has 0 radical (unpaired) electrons. The molecule has 2 aromatic rings. The Bertz CT molecular complexity index is 1050. The molecule has 2 aliphatic heterocycles. The highest BCUT2D eigenvalue weighted by Gasteiger charge is 2.31. The van der Waals surface area contributed by atoms with Crippen LogP contribution in [0.4, 0.5) is 5.69 Å². The minimum atomic E-state index is -3.68. The Labute approximate surface area is 183 Å². The van der Waals surface area contributed by atoms with Gasteiger partial charge in [-0.25, -0.2) is 8.42 Å². The normalized spacial score (nSPS) is 17.2. The van der Waals surface area contributed by atoms with Gasteiger partial charge in [0.05, 0.1) is 18.1 Å². The van der Waals surface area contributed by atoms with Crippen LogP contribution in [0.1, 0.15) is 16.8 Å². The second-order valence-corrected chi connectivity index (χ2v) is 9.73. The summed E-state index contributed by atoms with van der Waals surface area (Å²) in [7, 11) is 0.206. The minimum Gasteiger partial charge on any atom is -0.490 e. The Balaban J connectivity index is 1.43. The van der Waals surface area contributed by atoms with Crippen molar-refractivity contribution < 1.29 is 22.7 Å². The quantitative estimate of drug-likeness (QED) is 0.717. The largest absolute Gasteiger partial charge is 0.490 e. The third kappa shape index (κ3) is 4.47. The fourth-order valence-corrected chi connectivity index (χ4v) is 5.11. The van der Waals surface area contributed by atoms with Gasteiger partial charge in [0.25, 0.3) is 5.91 Å². The van der Waals surface area contributed by atoms with Gasteiger partial charge in [0.2, 0.25) is 10.0 Å². The highest BCUT2D eigenvalue weighted by atomic mass is 32.2. The van der Waals surface area contributed by atoms with Crippen LogP contribution in [-0.2, 0) is 10.0 Å². The van der Waals surface area contributed by atoms with Crippen LogP contribution in [0.2, 0.25) is 0 Å². The Morgan fingerprint density at radius 3 is 2.19 bits per heavy atom. The monoisotopic (exact) mass is 445 g/mol. The maximum Gasteiger partial charge on any atom is 0.253 e. The molecule has 31 heavy (non-hydrogen) atoms. The summed E-state index contributed by atoms with van der Waals surface area (Å²) in [6.07, 6.45) is 0.755. The van der Waals surface area contributed by atoms with Crippen LogP contribution in [0.25, 0.3) is 0 Å². The van der Waals surface area contributed by atoms with Crippen LogP contribution in [0.5, 0.6) is 11.5 Å². The Morgan fingerprint density at radius 1 is 0.903 bits per heavy atom. The van der Waals surface area contributed by atoms with Gasteiger partial charge in [-0.3, -0.25) is 4.79 Å². The SMILES string of the molecule is CN(C)c1ccc(C(=O)N2CCN(S(=O)(=O)c3ccc4c(c3)OCCCO4)CC2)cc1. The van der Waals surface area contributed by atoms with Crippen LogP contribution < -0.4 is 14.4 Å². The smallest absolute Gasteiger partial charge is 0.253 e. The minimum absolute atomic E-state index is 0.0852. The van der Waals surface area contributed by atoms with Gasteiger partial charge in [-0.1, -0.05) is 0 Å². The molecule has 9 heteroatoms. The molecule has 8 nitrogen and oxygen atoms in total. The molecule has 0 bridgehead atoms. The molecule has 0 aliphatic carbocycles. The van der Waals surface area contributed by atoms with Crippen molar-refractivity contribution in [1.82, 2.24) is 9.21 Å². The number of piperazine rings is 1. The summed E-state index contributed by atoms with van der Waals surface area (Å²) in [6.45, 7) is 2.23. The summed E-state index contributed by atoms with van der Waals surface area (Å²) in [5.74, 6) is 0.929. The molecule has 2 aliphatic rings. The van der Waals surface area contributed by atoms with Crippen molar-refractivity contribution in [2.45, 2.75) is 11.3 Å². The van der Waals surface area contributed by atoms with Gasteiger partial charge in [-0.05, 0) is 36.4 Å². The van der Waals surface area contributed by atoms with Crippen molar-refractivity contribution in [2.75, 3.05) is 58.4 Å². The summed E-state index contributed by atoms with van der Waals surface area (Å²) in [5, 5.41) is 0. The number of ether oxygens (including phenoxy) is 2. The van der Waals surface area contributed by atoms with Crippen LogP contribution in [0.3, 0.4) is 0 Å². The predicted octanol–water partition coefficient (Wildman–Crippen LogP) is 2.06. The second-order valence-electron chi connectivity index (χ2n) is 7.80. The fraction of sp³-hybridized carbons (Fsp3) is 0.409. The molecule has 0 saturated carbocycles. The van der Waals surface area contributed by atoms with Gasteiger partial charge in [0, 0.05) is 64.0 Å². The summed E-state index contributed by atoms with van der Waals surface area (Å²) in [6, 6.07) is 12.1. The number of hydrogen-bond acceptors (Lipinski definition) is 6. The zero-order valence-electron chi connectivity index (χ0n) is 17.8. The predicted molar refractivity (Wildman–Crippen MR) is 117 cm³/mol. The third-order valence-corrected chi connectivity index (χ3v) is 7.41. The van der Waals surface area contributed by atoms with Crippen LogP contribution in [-0.4, -0.2) is 77.0 Å². The van der Waals surface area contributed by atoms with E-state index in [0.29, 0.717) is 43.4 Å². The van der Waals surface area contributed by atoms with Crippen LogP contribution >= 0.6 is 0 Å². The first-order chi connectivity index (χ1) is 14.9. The van der Waals surface area contributed by atoms with E-state index in [1.165, 1.54) is 10.4 Å². The Kier molecular flexibility index (Phi) is 6.06. The van der Waals surface area contributed by atoms with Crippen molar-refractivity contribution >= 4 is 21.6 Å². The van der Waals surface area contributed by atoms with E-state index in [1.807, 2.05) is 31.1 Å². The highest BCUT2D eigenvalue weighted by molar-refractivity contribution is 7.89. The first-order valence-electron chi connectivity index (χ1n) is 10.3. The molecule has 4 rings (SSSR count). The number of benzene rings is 2. The van der Waals surface area contributed by atoms with Crippen molar-refractivity contribution in [3.8, 4) is 11.5 Å². The Hall–Kier alpha value is -2.78. The maximum atomic E-state index is 13.1. The summed E-state index contributed by atoms with van der Waals surface area (Å²) >= 11 is 0. The molecule has 0 spiro atoms. The molecule has 166 valence electrons. The van der Waals surface area contributed by atoms with E-state index in [0.717, 1.165) is 12.1 Å². The van der Waals surface area contributed by atoms with E-state index in [2.05, 4.69) is 0 Å². The zero-order chi connectivity index (χ0) is 22.0. The van der Waals surface area contributed by atoms with Gasteiger partial charge in [-0.2, -0.15) is 4.31 Å². The van der Waals surface area contributed by atoms with E-state index in [-0.39, 0.29) is 23.9 Å². The highest BCUT2D eigenvalue weighted by Crippen LogP contribution is 2.33. The molecule has 1 amide bonds. The van der Waals surface area contributed by atoms with Crippen LogP contribution in [0.15, 0.2) is 47.4 Å². The number of fused-ring (bicyclic) bond motifs is 1. The van der Waals surface area contributed by atoms with Gasteiger partial charge >= 0.3 is 0 Å². The molecule has 2 aromatic carbocycles. The summed E-state index contributed by atoms with van der Waals surface area (Å²) in [4.78, 5) is 16.7. The van der Waals surface area contributed by atoms with E-state index in [9.17, 15) is 13.2 Å². The second kappa shape index (κ2) is 8.76. The molecular formula is C22H27N3O5S. The number of sulfonamides is 1. The van der Waals surface area contributed by atoms with Crippen LogP contribution in [0, 0.1) is 0 Å². The van der Waals surface area contributed by atoms with Crippen molar-refractivity contribution in [1.29, 1.82) is 0 Å². The van der Waals surface area contributed by atoms with Gasteiger partial charge in [0.15, 0.2) is 11.5 Å². The first kappa shape index (κ1) is 21.5. The van der Waals surface area contributed by atoms with Crippen molar-refractivity contribution in [3.05, 3.63) is 48.0 Å². The lowest BCUT2D eigenvalue weighted by Gasteiger charge is -2.34. The van der Waals surface area contributed by atoms with Gasteiger partial charge < -0.3 is 19.3 Å². The lowest BCUT2D eigenvalue weighted by atomic mass is 10.1. The molecule has 0 aromatic heterocycles. The van der Waals surface area contributed by atoms with Crippen molar-refractivity contribution in [3.63, 3.8) is 0 Å². The average Bonchev–Trinajstić information content (AvgIpc) is 3.03. The van der Waals surface area contributed by atoms with E-state index < -0.39 is 10.0 Å². The molecule has 1 fully saturated rings. The number of nitrogens with zero attached hydrogens (tertiary/aromatic N) is 3. The molecule has 0 N–H and O–H groups in total.